The molecule has 18 heavy (non-hydrogen) atoms. The molecular weight excluding hydrogens is 502 g/mol. The van der Waals surface area contributed by atoms with E-state index in [4.69, 9.17) is 0 Å². The van der Waals surface area contributed by atoms with Gasteiger partial charge < -0.3 is 0 Å². The van der Waals surface area contributed by atoms with Crippen molar-refractivity contribution in [3.8, 4) is 0 Å². The minimum absolute atomic E-state index is 0.768. The van der Waals surface area contributed by atoms with E-state index in [1.54, 1.807) is 0 Å². The van der Waals surface area contributed by atoms with Crippen LogP contribution < -0.4 is 0 Å². The van der Waals surface area contributed by atoms with Crippen molar-refractivity contribution in [2.75, 3.05) is 0 Å². The van der Waals surface area contributed by atoms with Crippen LogP contribution in [0, 0.1) is 0 Å². The quantitative estimate of drug-likeness (QED) is 0.353. The molecule has 0 radical (unpaired) electrons. The molecule has 0 amide bonds. The average molecular weight is 502 g/mol. The maximum atomic E-state index is 13.0. The van der Waals surface area contributed by atoms with Crippen molar-refractivity contribution in [3.63, 3.8) is 0 Å². The molecule has 10 heteroatoms. The van der Waals surface area contributed by atoms with Crippen LogP contribution in [0.3, 0.4) is 0 Å². The highest BCUT2D eigenvalue weighted by atomic mass is 127. The Bertz CT molecular complexity index is 455. The van der Waals surface area contributed by atoms with Crippen LogP contribution in [-0.2, 0) is 0 Å². The molecule has 0 spiro atoms. The highest BCUT2D eigenvalue weighted by Crippen LogP contribution is 2.69. The number of hydrogen-bond acceptors (Lipinski definition) is 0. The summed E-state index contributed by atoms with van der Waals surface area (Å²) in [7, 11) is 0. The van der Waals surface area contributed by atoms with Crippen molar-refractivity contribution in [2.24, 2.45) is 0 Å². The van der Waals surface area contributed by atoms with Crippen LogP contribution >= 0.6 is 45.2 Å². The van der Waals surface area contributed by atoms with E-state index in [-0.39, 0.29) is 0 Å². The molecule has 0 unspecified atom stereocenters. The van der Waals surface area contributed by atoms with Crippen molar-refractivity contribution in [1.82, 2.24) is 0 Å². The fourth-order valence-electron chi connectivity index (χ4n) is 1.59. The van der Waals surface area contributed by atoms with Gasteiger partial charge in [0.1, 0.15) is 0 Å². The predicted octanol–water partition coefficient (Wildman–Crippen LogP) is 4.93. The normalized spacial score (nSPS) is 31.0. The fourth-order valence-corrected chi connectivity index (χ4v) is 3.48. The Kier molecular flexibility index (Phi) is 2.89. The molecule has 0 heterocycles. The Morgan fingerprint density at radius 2 is 0.722 bits per heavy atom. The van der Waals surface area contributed by atoms with E-state index in [0.29, 0.717) is 0 Å². The largest absolute Gasteiger partial charge is 0.345 e. The molecule has 0 bridgehead atoms. The second-order valence-electron chi connectivity index (χ2n) is 3.68. The van der Waals surface area contributed by atoms with Crippen LogP contribution in [0.15, 0.2) is 18.3 Å². The summed E-state index contributed by atoms with van der Waals surface area (Å²) < 4.78 is 101. The Labute approximate surface area is 122 Å². The first-order chi connectivity index (χ1) is 7.81. The van der Waals surface area contributed by atoms with E-state index in [9.17, 15) is 35.1 Å². The van der Waals surface area contributed by atoms with Gasteiger partial charge in [0, 0.05) is 0 Å². The van der Waals surface area contributed by atoms with E-state index < -0.39 is 42.0 Å². The molecule has 0 fully saturated rings. The SMILES string of the molecule is FC1(F)C(I)=C(C2=C(I)C(F)(F)C2(F)F)C1(F)F. The van der Waals surface area contributed by atoms with Gasteiger partial charge in [-0.1, -0.05) is 0 Å². The summed E-state index contributed by atoms with van der Waals surface area (Å²) in [5.41, 5.74) is -3.37. The zero-order valence-electron chi connectivity index (χ0n) is 7.78. The van der Waals surface area contributed by atoms with Crippen molar-refractivity contribution in [3.05, 3.63) is 18.3 Å². The van der Waals surface area contributed by atoms with Gasteiger partial charge >= 0.3 is 23.7 Å². The lowest BCUT2D eigenvalue weighted by Crippen LogP contribution is -2.60. The standard InChI is InChI=1S/C8F8I2/c9-5(10)1(3(17)7(5,13)14)2-4(18)8(15,16)6(2,11)12. The van der Waals surface area contributed by atoms with Gasteiger partial charge in [-0.3, -0.25) is 0 Å². The average Bonchev–Trinajstić information content (AvgIpc) is 2.22. The number of halogens is 10. The first-order valence-corrected chi connectivity index (χ1v) is 6.30. The van der Waals surface area contributed by atoms with Crippen LogP contribution in [0.2, 0.25) is 0 Å². The number of allylic oxidation sites excluding steroid dienone is 4. The fraction of sp³-hybridized carbons (Fsp3) is 0.500. The van der Waals surface area contributed by atoms with Crippen molar-refractivity contribution >= 4 is 45.2 Å². The van der Waals surface area contributed by atoms with Gasteiger partial charge in [-0.2, -0.15) is 35.1 Å². The molecule has 102 valence electrons. The molecule has 0 aromatic carbocycles. The zero-order valence-corrected chi connectivity index (χ0v) is 12.1. The van der Waals surface area contributed by atoms with E-state index in [1.165, 1.54) is 0 Å². The van der Waals surface area contributed by atoms with Crippen LogP contribution in [0.5, 0.6) is 0 Å². The first kappa shape index (κ1) is 14.8. The second-order valence-corrected chi connectivity index (χ2v) is 5.83. The van der Waals surface area contributed by atoms with E-state index in [2.05, 4.69) is 0 Å². The summed E-state index contributed by atoms with van der Waals surface area (Å²) >= 11 is 1.54. The Balaban J connectivity index is 2.63. The molecular formula is C8F8I2. The third-order valence-electron chi connectivity index (χ3n) is 2.66. The van der Waals surface area contributed by atoms with Gasteiger partial charge in [0.2, 0.25) is 0 Å². The molecule has 0 atom stereocenters. The Morgan fingerprint density at radius 3 is 0.889 bits per heavy atom. The predicted molar refractivity (Wildman–Crippen MR) is 61.9 cm³/mol. The van der Waals surface area contributed by atoms with E-state index in [0.717, 1.165) is 45.2 Å². The van der Waals surface area contributed by atoms with Gasteiger partial charge in [-0.25, -0.2) is 0 Å². The highest BCUT2D eigenvalue weighted by molar-refractivity contribution is 14.1. The maximum Gasteiger partial charge on any atom is 0.345 e. The molecule has 0 aromatic heterocycles. The summed E-state index contributed by atoms with van der Waals surface area (Å²) in [5, 5.41) is 0. The summed E-state index contributed by atoms with van der Waals surface area (Å²) in [4.78, 5) is 0. The summed E-state index contributed by atoms with van der Waals surface area (Å²) in [6, 6.07) is 0. The molecule has 2 rings (SSSR count). The molecule has 0 saturated carbocycles. The molecule has 0 aliphatic heterocycles. The van der Waals surface area contributed by atoms with Crippen LogP contribution in [0.4, 0.5) is 35.1 Å². The van der Waals surface area contributed by atoms with Gasteiger partial charge in [-0.05, 0) is 45.2 Å². The second kappa shape index (κ2) is 3.52. The molecule has 0 nitrogen and oxygen atoms in total. The minimum atomic E-state index is -4.85. The summed E-state index contributed by atoms with van der Waals surface area (Å²) in [6.45, 7) is 0. The van der Waals surface area contributed by atoms with Gasteiger partial charge in [0.25, 0.3) is 0 Å². The van der Waals surface area contributed by atoms with E-state index >= 15 is 0 Å². The molecule has 2 aliphatic carbocycles. The summed E-state index contributed by atoms with van der Waals surface area (Å²) in [5.74, 6) is -18.9. The van der Waals surface area contributed by atoms with Crippen molar-refractivity contribution in [2.45, 2.75) is 23.7 Å². The number of alkyl halides is 8. The first-order valence-electron chi connectivity index (χ1n) is 4.14. The van der Waals surface area contributed by atoms with Gasteiger partial charge in [0.15, 0.2) is 0 Å². The zero-order chi connectivity index (χ0) is 14.3. The maximum absolute atomic E-state index is 13.0. The molecule has 0 aromatic rings. The number of hydrogen-bond donors (Lipinski definition) is 0. The topological polar surface area (TPSA) is 0 Å². The third-order valence-corrected chi connectivity index (χ3v) is 5.09. The monoisotopic (exact) mass is 502 g/mol. The minimum Gasteiger partial charge on any atom is -0.194 e. The lowest BCUT2D eigenvalue weighted by Gasteiger charge is -2.46. The van der Waals surface area contributed by atoms with E-state index in [1.807, 2.05) is 0 Å². The summed E-state index contributed by atoms with van der Waals surface area (Å²) in [6.07, 6.45) is 0. The number of rotatable bonds is 1. The van der Waals surface area contributed by atoms with Crippen LogP contribution in [-0.4, -0.2) is 23.7 Å². The van der Waals surface area contributed by atoms with Crippen LogP contribution in [0.1, 0.15) is 0 Å². The van der Waals surface area contributed by atoms with Gasteiger partial charge in [-0.15, -0.1) is 0 Å². The lowest BCUT2D eigenvalue weighted by molar-refractivity contribution is -0.204. The van der Waals surface area contributed by atoms with Crippen molar-refractivity contribution < 1.29 is 35.1 Å². The lowest BCUT2D eigenvalue weighted by atomic mass is 9.74. The Morgan fingerprint density at radius 1 is 0.500 bits per heavy atom. The smallest absolute Gasteiger partial charge is 0.194 e. The third kappa shape index (κ3) is 1.31. The van der Waals surface area contributed by atoms with Crippen LogP contribution in [0.25, 0.3) is 0 Å². The highest BCUT2D eigenvalue weighted by Gasteiger charge is 2.80. The van der Waals surface area contributed by atoms with Gasteiger partial charge in [0.05, 0.1) is 18.3 Å². The Hall–Kier alpha value is 0.380. The molecule has 2 aliphatic rings. The molecule has 0 saturated heterocycles. The molecule has 0 N–H and O–H groups in total. The van der Waals surface area contributed by atoms with Crippen molar-refractivity contribution in [1.29, 1.82) is 0 Å².